The van der Waals surface area contributed by atoms with Gasteiger partial charge in [-0.2, -0.15) is 0 Å². The summed E-state index contributed by atoms with van der Waals surface area (Å²) >= 11 is 0. The van der Waals surface area contributed by atoms with Gasteiger partial charge in [0.15, 0.2) is 5.96 Å². The first-order valence-electron chi connectivity index (χ1n) is 4.66. The van der Waals surface area contributed by atoms with Gasteiger partial charge in [0.1, 0.15) is 0 Å². The molecule has 0 aromatic heterocycles. The summed E-state index contributed by atoms with van der Waals surface area (Å²) in [6.45, 7) is 7.98. The van der Waals surface area contributed by atoms with E-state index in [1.165, 1.54) is 0 Å². The van der Waals surface area contributed by atoms with E-state index in [4.69, 9.17) is 5.73 Å². The molecule has 0 amide bonds. The van der Waals surface area contributed by atoms with Crippen LogP contribution in [0.2, 0.25) is 0 Å². The van der Waals surface area contributed by atoms with Crippen LogP contribution in [0.3, 0.4) is 0 Å². The quantitative estimate of drug-likeness (QED) is 0.442. The molecule has 4 N–H and O–H groups in total. The highest BCUT2D eigenvalue weighted by atomic mass is 16.3. The van der Waals surface area contributed by atoms with Crippen LogP contribution >= 0.6 is 0 Å². The van der Waals surface area contributed by atoms with E-state index >= 15 is 0 Å². The van der Waals surface area contributed by atoms with E-state index in [-0.39, 0.29) is 6.04 Å². The van der Waals surface area contributed by atoms with Crippen LogP contribution in [0.5, 0.6) is 0 Å². The molecule has 4 nitrogen and oxygen atoms in total. The summed E-state index contributed by atoms with van der Waals surface area (Å²) in [6.07, 6.45) is 0.672. The Bertz CT molecular complexity index is 176. The largest absolute Gasteiger partial charge is 0.388 e. The van der Waals surface area contributed by atoms with Crippen molar-refractivity contribution in [1.82, 2.24) is 5.32 Å². The smallest absolute Gasteiger partial charge is 0.188 e. The third-order valence-electron chi connectivity index (χ3n) is 1.79. The van der Waals surface area contributed by atoms with Gasteiger partial charge in [0, 0.05) is 6.04 Å². The van der Waals surface area contributed by atoms with Gasteiger partial charge >= 0.3 is 0 Å². The topological polar surface area (TPSA) is 70.6 Å². The predicted molar refractivity (Wildman–Crippen MR) is 55.7 cm³/mol. The van der Waals surface area contributed by atoms with E-state index in [1.807, 2.05) is 20.8 Å². The van der Waals surface area contributed by atoms with Crippen molar-refractivity contribution >= 4 is 5.96 Å². The first-order valence-corrected chi connectivity index (χ1v) is 4.66. The number of aliphatic imine (C=N–C) groups is 1. The first-order chi connectivity index (χ1) is 5.87. The molecule has 1 atom stereocenters. The van der Waals surface area contributed by atoms with Gasteiger partial charge in [-0.3, -0.25) is 4.99 Å². The minimum absolute atomic E-state index is 0.273. The summed E-state index contributed by atoms with van der Waals surface area (Å²) in [7, 11) is 0. The lowest BCUT2D eigenvalue weighted by Gasteiger charge is -2.19. The van der Waals surface area contributed by atoms with Crippen molar-refractivity contribution in [2.45, 2.75) is 45.8 Å². The number of nitrogens with zero attached hydrogens (tertiary/aromatic N) is 1. The molecule has 0 aliphatic heterocycles. The molecule has 0 saturated carbocycles. The van der Waals surface area contributed by atoms with Crippen molar-refractivity contribution in [2.24, 2.45) is 10.7 Å². The fourth-order valence-corrected chi connectivity index (χ4v) is 0.709. The van der Waals surface area contributed by atoms with Crippen LogP contribution < -0.4 is 11.1 Å². The fourth-order valence-electron chi connectivity index (χ4n) is 0.709. The van der Waals surface area contributed by atoms with Gasteiger partial charge in [0.2, 0.25) is 0 Å². The SMILES string of the molecule is CCC(C)(O)CN=C(N)NC(C)C. The zero-order chi connectivity index (χ0) is 10.5. The molecule has 4 heteroatoms. The third-order valence-corrected chi connectivity index (χ3v) is 1.79. The van der Waals surface area contributed by atoms with Crippen LogP contribution in [0.4, 0.5) is 0 Å². The van der Waals surface area contributed by atoms with Crippen molar-refractivity contribution in [3.63, 3.8) is 0 Å². The Kier molecular flexibility index (Phi) is 4.77. The summed E-state index contributed by atoms with van der Waals surface area (Å²) in [5.74, 6) is 0.392. The standard InChI is InChI=1S/C9H21N3O/c1-5-9(4,13)6-11-8(10)12-7(2)3/h7,13H,5-6H2,1-4H3,(H3,10,11,12). The number of nitrogens with one attached hydrogen (secondary N) is 1. The molecule has 0 radical (unpaired) electrons. The maximum Gasteiger partial charge on any atom is 0.188 e. The second-order valence-electron chi connectivity index (χ2n) is 3.85. The van der Waals surface area contributed by atoms with E-state index in [1.54, 1.807) is 6.92 Å². The highest BCUT2D eigenvalue weighted by molar-refractivity contribution is 5.78. The molecule has 0 aromatic rings. The molecule has 0 bridgehead atoms. The maximum absolute atomic E-state index is 9.62. The number of aliphatic hydroxyl groups is 1. The Hall–Kier alpha value is -0.770. The molecule has 0 spiro atoms. The molecular formula is C9H21N3O. The fraction of sp³-hybridized carbons (Fsp3) is 0.889. The van der Waals surface area contributed by atoms with Crippen molar-refractivity contribution in [1.29, 1.82) is 0 Å². The van der Waals surface area contributed by atoms with Crippen LogP contribution in [0.15, 0.2) is 4.99 Å². The van der Waals surface area contributed by atoms with Crippen LogP contribution in [-0.2, 0) is 0 Å². The molecule has 0 rings (SSSR count). The summed E-state index contributed by atoms with van der Waals surface area (Å²) in [6, 6.07) is 0.273. The molecular weight excluding hydrogens is 166 g/mol. The normalized spacial score (nSPS) is 17.2. The molecule has 0 saturated heterocycles. The third kappa shape index (κ3) is 6.40. The average Bonchev–Trinajstić information content (AvgIpc) is 2.00. The average molecular weight is 187 g/mol. The van der Waals surface area contributed by atoms with Crippen molar-refractivity contribution < 1.29 is 5.11 Å². The summed E-state index contributed by atoms with van der Waals surface area (Å²) in [5, 5.41) is 12.6. The van der Waals surface area contributed by atoms with Gasteiger partial charge in [0.25, 0.3) is 0 Å². The Morgan fingerprint density at radius 2 is 2.15 bits per heavy atom. The van der Waals surface area contributed by atoms with Gasteiger partial charge in [-0.1, -0.05) is 6.92 Å². The number of guanidine groups is 1. The monoisotopic (exact) mass is 187 g/mol. The number of rotatable bonds is 4. The lowest BCUT2D eigenvalue weighted by molar-refractivity contribution is 0.0657. The van der Waals surface area contributed by atoms with Gasteiger partial charge < -0.3 is 16.2 Å². The second kappa shape index (κ2) is 5.07. The molecule has 13 heavy (non-hydrogen) atoms. The van der Waals surface area contributed by atoms with E-state index in [9.17, 15) is 5.11 Å². The Balaban J connectivity index is 3.96. The van der Waals surface area contributed by atoms with Gasteiger partial charge in [-0.05, 0) is 27.2 Å². The first kappa shape index (κ1) is 12.2. The highest BCUT2D eigenvalue weighted by Gasteiger charge is 2.16. The number of hydrogen-bond acceptors (Lipinski definition) is 2. The summed E-state index contributed by atoms with van der Waals surface area (Å²) in [4.78, 5) is 4.04. The Morgan fingerprint density at radius 3 is 2.54 bits per heavy atom. The van der Waals surface area contributed by atoms with E-state index in [2.05, 4.69) is 10.3 Å². The van der Waals surface area contributed by atoms with Gasteiger partial charge in [-0.25, -0.2) is 0 Å². The Labute approximate surface area is 80.2 Å². The predicted octanol–water partition coefficient (Wildman–Crippen LogP) is 0.460. The molecule has 78 valence electrons. The summed E-state index contributed by atoms with van der Waals surface area (Å²) in [5.41, 5.74) is 4.82. The van der Waals surface area contributed by atoms with Crippen LogP contribution in [-0.4, -0.2) is 29.3 Å². The van der Waals surface area contributed by atoms with Crippen LogP contribution in [0.25, 0.3) is 0 Å². The molecule has 0 aliphatic rings. The molecule has 0 heterocycles. The molecule has 0 aliphatic carbocycles. The van der Waals surface area contributed by atoms with E-state index < -0.39 is 5.60 Å². The van der Waals surface area contributed by atoms with Crippen molar-refractivity contribution in [2.75, 3.05) is 6.54 Å². The lowest BCUT2D eigenvalue weighted by Crippen LogP contribution is -2.38. The van der Waals surface area contributed by atoms with E-state index in [0.29, 0.717) is 18.9 Å². The van der Waals surface area contributed by atoms with Crippen molar-refractivity contribution in [3.05, 3.63) is 0 Å². The van der Waals surface area contributed by atoms with Crippen LogP contribution in [0.1, 0.15) is 34.1 Å². The summed E-state index contributed by atoms with van der Waals surface area (Å²) < 4.78 is 0. The maximum atomic E-state index is 9.62. The molecule has 0 aromatic carbocycles. The van der Waals surface area contributed by atoms with Crippen molar-refractivity contribution in [3.8, 4) is 0 Å². The zero-order valence-electron chi connectivity index (χ0n) is 8.96. The number of nitrogens with two attached hydrogens (primary N) is 1. The van der Waals surface area contributed by atoms with Gasteiger partial charge in [-0.15, -0.1) is 0 Å². The zero-order valence-corrected chi connectivity index (χ0v) is 8.96. The minimum Gasteiger partial charge on any atom is -0.388 e. The molecule has 1 unspecified atom stereocenters. The second-order valence-corrected chi connectivity index (χ2v) is 3.85. The molecule has 0 fully saturated rings. The van der Waals surface area contributed by atoms with E-state index in [0.717, 1.165) is 0 Å². The van der Waals surface area contributed by atoms with Gasteiger partial charge in [0.05, 0.1) is 12.1 Å². The highest BCUT2D eigenvalue weighted by Crippen LogP contribution is 2.07. The van der Waals surface area contributed by atoms with Crippen LogP contribution in [0, 0.1) is 0 Å². The minimum atomic E-state index is -0.747. The Morgan fingerprint density at radius 1 is 1.62 bits per heavy atom. The number of hydrogen-bond donors (Lipinski definition) is 3. The lowest BCUT2D eigenvalue weighted by atomic mass is 10.1.